The molecule has 4 heteroatoms. The highest BCUT2D eigenvalue weighted by Crippen LogP contribution is 2.22. The SMILES string of the molecule is CC(N[C@H](C)c1ccc(F)cc1F)c1cccc(CN(C)C)c1. The van der Waals surface area contributed by atoms with Crippen LogP contribution in [0.15, 0.2) is 42.5 Å². The smallest absolute Gasteiger partial charge is 0.130 e. The van der Waals surface area contributed by atoms with Gasteiger partial charge in [0, 0.05) is 30.3 Å². The molecule has 2 atom stereocenters. The Bertz CT molecular complexity index is 656. The fourth-order valence-electron chi connectivity index (χ4n) is 2.74. The molecule has 0 aliphatic carbocycles. The van der Waals surface area contributed by atoms with Crippen molar-refractivity contribution in [3.63, 3.8) is 0 Å². The highest BCUT2D eigenvalue weighted by molar-refractivity contribution is 5.27. The number of benzene rings is 2. The van der Waals surface area contributed by atoms with Crippen LogP contribution in [0.2, 0.25) is 0 Å². The maximum atomic E-state index is 13.9. The van der Waals surface area contributed by atoms with Crippen LogP contribution in [-0.2, 0) is 6.54 Å². The first-order chi connectivity index (χ1) is 10.9. The maximum Gasteiger partial charge on any atom is 0.130 e. The Hall–Kier alpha value is -1.78. The number of nitrogens with one attached hydrogen (secondary N) is 1. The Labute approximate surface area is 137 Å². The fourth-order valence-corrected chi connectivity index (χ4v) is 2.74. The number of halogens is 2. The average Bonchev–Trinajstić information content (AvgIpc) is 2.46. The van der Waals surface area contributed by atoms with E-state index in [4.69, 9.17) is 0 Å². The second-order valence-corrected chi connectivity index (χ2v) is 6.26. The molecule has 0 spiro atoms. The minimum Gasteiger partial charge on any atom is -0.305 e. The van der Waals surface area contributed by atoms with Gasteiger partial charge in [0.2, 0.25) is 0 Å². The van der Waals surface area contributed by atoms with E-state index in [1.54, 1.807) is 0 Å². The third-order valence-electron chi connectivity index (χ3n) is 3.88. The third kappa shape index (κ3) is 4.85. The maximum absolute atomic E-state index is 13.9. The monoisotopic (exact) mass is 318 g/mol. The molecule has 0 bridgehead atoms. The quantitative estimate of drug-likeness (QED) is 0.847. The zero-order valence-electron chi connectivity index (χ0n) is 14.1. The van der Waals surface area contributed by atoms with Crippen molar-refractivity contribution < 1.29 is 8.78 Å². The van der Waals surface area contributed by atoms with Crippen molar-refractivity contribution >= 4 is 0 Å². The molecule has 0 amide bonds. The Morgan fingerprint density at radius 2 is 1.74 bits per heavy atom. The molecule has 2 nitrogen and oxygen atoms in total. The molecule has 2 aromatic rings. The molecule has 1 unspecified atom stereocenters. The molecule has 124 valence electrons. The van der Waals surface area contributed by atoms with E-state index in [9.17, 15) is 8.78 Å². The molecule has 23 heavy (non-hydrogen) atoms. The third-order valence-corrected chi connectivity index (χ3v) is 3.88. The Morgan fingerprint density at radius 3 is 2.39 bits per heavy atom. The van der Waals surface area contributed by atoms with Crippen molar-refractivity contribution in [2.75, 3.05) is 14.1 Å². The summed E-state index contributed by atoms with van der Waals surface area (Å²) in [4.78, 5) is 2.12. The number of rotatable bonds is 6. The summed E-state index contributed by atoms with van der Waals surface area (Å²) in [5, 5.41) is 3.38. The summed E-state index contributed by atoms with van der Waals surface area (Å²) in [5.41, 5.74) is 2.86. The van der Waals surface area contributed by atoms with E-state index in [-0.39, 0.29) is 12.1 Å². The van der Waals surface area contributed by atoms with Crippen molar-refractivity contribution in [2.24, 2.45) is 0 Å². The lowest BCUT2D eigenvalue weighted by molar-refractivity contribution is 0.402. The Morgan fingerprint density at radius 1 is 1.00 bits per heavy atom. The van der Waals surface area contributed by atoms with Crippen LogP contribution in [0.25, 0.3) is 0 Å². The normalized spacial score (nSPS) is 14.0. The van der Waals surface area contributed by atoms with E-state index in [1.165, 1.54) is 17.7 Å². The predicted molar refractivity (Wildman–Crippen MR) is 90.2 cm³/mol. The van der Waals surface area contributed by atoms with Gasteiger partial charge in [-0.2, -0.15) is 0 Å². The Balaban J connectivity index is 2.10. The van der Waals surface area contributed by atoms with Crippen molar-refractivity contribution in [2.45, 2.75) is 32.5 Å². The van der Waals surface area contributed by atoms with Gasteiger partial charge >= 0.3 is 0 Å². The minimum atomic E-state index is -0.553. The highest BCUT2D eigenvalue weighted by Gasteiger charge is 2.15. The molecule has 0 radical (unpaired) electrons. The largest absolute Gasteiger partial charge is 0.305 e. The van der Waals surface area contributed by atoms with E-state index in [2.05, 4.69) is 28.4 Å². The summed E-state index contributed by atoms with van der Waals surface area (Å²) in [6.45, 7) is 4.81. The molecule has 0 saturated heterocycles. The van der Waals surface area contributed by atoms with Crippen LogP contribution < -0.4 is 5.32 Å². The van der Waals surface area contributed by atoms with Gasteiger partial charge in [0.1, 0.15) is 11.6 Å². The summed E-state index contributed by atoms with van der Waals surface area (Å²) >= 11 is 0. The van der Waals surface area contributed by atoms with Crippen LogP contribution in [0.3, 0.4) is 0 Å². The molecule has 0 fully saturated rings. The van der Waals surface area contributed by atoms with Gasteiger partial charge in [0.05, 0.1) is 0 Å². The average molecular weight is 318 g/mol. The van der Waals surface area contributed by atoms with Crippen LogP contribution in [0.5, 0.6) is 0 Å². The van der Waals surface area contributed by atoms with Crippen molar-refractivity contribution in [1.82, 2.24) is 10.2 Å². The summed E-state index contributed by atoms with van der Waals surface area (Å²) in [6.07, 6.45) is 0. The topological polar surface area (TPSA) is 15.3 Å². The van der Waals surface area contributed by atoms with Gasteiger partial charge in [-0.15, -0.1) is 0 Å². The highest BCUT2D eigenvalue weighted by atomic mass is 19.1. The first kappa shape index (κ1) is 17.6. The minimum absolute atomic E-state index is 0.0663. The van der Waals surface area contributed by atoms with Crippen LogP contribution in [0, 0.1) is 11.6 Å². The van der Waals surface area contributed by atoms with Crippen LogP contribution in [0.1, 0.15) is 42.6 Å². The summed E-state index contributed by atoms with van der Waals surface area (Å²) in [5.74, 6) is -1.07. The van der Waals surface area contributed by atoms with Crippen molar-refractivity contribution in [3.05, 3.63) is 70.8 Å². The molecule has 2 rings (SSSR count). The van der Waals surface area contributed by atoms with E-state index in [0.717, 1.165) is 18.2 Å². The number of nitrogens with zero attached hydrogens (tertiary/aromatic N) is 1. The van der Waals surface area contributed by atoms with Crippen LogP contribution in [0.4, 0.5) is 8.78 Å². The van der Waals surface area contributed by atoms with Gasteiger partial charge in [0.25, 0.3) is 0 Å². The van der Waals surface area contributed by atoms with Crippen LogP contribution in [-0.4, -0.2) is 19.0 Å². The molecule has 0 aliphatic rings. The van der Waals surface area contributed by atoms with Gasteiger partial charge < -0.3 is 10.2 Å². The van der Waals surface area contributed by atoms with E-state index >= 15 is 0 Å². The van der Waals surface area contributed by atoms with Crippen molar-refractivity contribution in [3.8, 4) is 0 Å². The first-order valence-corrected chi connectivity index (χ1v) is 7.81. The molecule has 0 aliphatic heterocycles. The van der Waals surface area contributed by atoms with Crippen LogP contribution >= 0.6 is 0 Å². The van der Waals surface area contributed by atoms with Crippen molar-refractivity contribution in [1.29, 1.82) is 0 Å². The Kier molecular flexibility index (Phi) is 5.85. The lowest BCUT2D eigenvalue weighted by atomic mass is 10.0. The molecular formula is C19H24F2N2. The second kappa shape index (κ2) is 7.66. The zero-order valence-corrected chi connectivity index (χ0v) is 14.1. The van der Waals surface area contributed by atoms with E-state index in [0.29, 0.717) is 5.56 Å². The summed E-state index contributed by atoms with van der Waals surface area (Å²) in [6, 6.07) is 11.9. The van der Waals surface area contributed by atoms with Gasteiger partial charge in [0.15, 0.2) is 0 Å². The fraction of sp³-hybridized carbons (Fsp3) is 0.368. The molecule has 0 heterocycles. The molecule has 0 saturated carbocycles. The zero-order chi connectivity index (χ0) is 17.0. The van der Waals surface area contributed by atoms with Gasteiger partial charge in [-0.25, -0.2) is 8.78 Å². The van der Waals surface area contributed by atoms with E-state index < -0.39 is 11.6 Å². The molecule has 1 N–H and O–H groups in total. The molecular weight excluding hydrogens is 294 g/mol. The first-order valence-electron chi connectivity index (χ1n) is 7.81. The standard InChI is InChI=1S/C19H24F2N2/c1-13(16-7-5-6-15(10-16)12-23(3)4)22-14(2)18-9-8-17(20)11-19(18)21/h5-11,13-14,22H,12H2,1-4H3/t13?,14-/m1/s1. The lowest BCUT2D eigenvalue weighted by Crippen LogP contribution is -2.23. The van der Waals surface area contributed by atoms with E-state index in [1.807, 2.05) is 34.0 Å². The van der Waals surface area contributed by atoms with Gasteiger partial charge in [-0.05, 0) is 45.1 Å². The molecule has 0 aromatic heterocycles. The van der Waals surface area contributed by atoms with Gasteiger partial charge in [-0.3, -0.25) is 0 Å². The lowest BCUT2D eigenvalue weighted by Gasteiger charge is -2.22. The summed E-state index contributed by atoms with van der Waals surface area (Å²) in [7, 11) is 4.07. The second-order valence-electron chi connectivity index (χ2n) is 6.26. The van der Waals surface area contributed by atoms with Gasteiger partial charge in [-0.1, -0.05) is 30.3 Å². The summed E-state index contributed by atoms with van der Waals surface area (Å²) < 4.78 is 26.9. The number of hydrogen-bond acceptors (Lipinski definition) is 2. The predicted octanol–water partition coefficient (Wildman–Crippen LogP) is 4.44. The number of hydrogen-bond donors (Lipinski definition) is 1. The molecule has 2 aromatic carbocycles.